The molecule has 160 valence electrons. The Morgan fingerprint density at radius 3 is 2.03 bits per heavy atom. The lowest BCUT2D eigenvalue weighted by atomic mass is 9.72. The zero-order valence-electron chi connectivity index (χ0n) is 18.1. The van der Waals surface area contributed by atoms with Crippen molar-refractivity contribution in [2.45, 2.75) is 5.41 Å². The van der Waals surface area contributed by atoms with Crippen LogP contribution in [-0.4, -0.2) is 28.4 Å². The van der Waals surface area contributed by atoms with Crippen molar-refractivity contribution in [1.29, 1.82) is 10.5 Å². The van der Waals surface area contributed by atoms with E-state index in [0.717, 1.165) is 4.88 Å². The third kappa shape index (κ3) is 2.90. The molecule has 2 aromatic carbocycles. The van der Waals surface area contributed by atoms with Gasteiger partial charge in [0.15, 0.2) is 23.0 Å². The van der Waals surface area contributed by atoms with Crippen molar-refractivity contribution in [3.63, 3.8) is 0 Å². The summed E-state index contributed by atoms with van der Waals surface area (Å²) in [6, 6.07) is 17.6. The van der Waals surface area contributed by atoms with Crippen molar-refractivity contribution in [1.82, 2.24) is 0 Å². The first-order chi connectivity index (χ1) is 15.6. The highest BCUT2D eigenvalue weighted by Gasteiger charge is 2.49. The molecule has 0 spiro atoms. The maximum atomic E-state index is 10.7. The molecular weight excluding hydrogens is 424 g/mol. The van der Waals surface area contributed by atoms with Crippen LogP contribution in [0.5, 0.6) is 23.0 Å². The number of nitriles is 2. The molecule has 0 aliphatic heterocycles. The van der Waals surface area contributed by atoms with E-state index in [-0.39, 0.29) is 0 Å². The SMILES string of the molecule is COc1ccc(C2(C#N)C(c3cccs3)=C(C#N)c3cc(OC)c(OC)cc32)cc1OC. The molecule has 3 aromatic rings. The number of allylic oxidation sites excluding steroid dienone is 2. The van der Waals surface area contributed by atoms with Crippen LogP contribution in [0.4, 0.5) is 0 Å². The van der Waals surface area contributed by atoms with Gasteiger partial charge in [0.05, 0.1) is 40.1 Å². The Kier molecular flexibility index (Phi) is 5.52. The molecule has 1 aliphatic rings. The van der Waals surface area contributed by atoms with E-state index in [1.165, 1.54) is 11.3 Å². The number of hydrogen-bond acceptors (Lipinski definition) is 7. The van der Waals surface area contributed by atoms with E-state index in [1.807, 2.05) is 23.6 Å². The van der Waals surface area contributed by atoms with E-state index in [9.17, 15) is 10.5 Å². The molecule has 0 fully saturated rings. The number of hydrogen-bond donors (Lipinski definition) is 0. The molecule has 0 saturated heterocycles. The Bertz CT molecular complexity index is 1300. The molecule has 32 heavy (non-hydrogen) atoms. The summed E-state index contributed by atoms with van der Waals surface area (Å²) in [5.74, 6) is 2.02. The molecule has 1 unspecified atom stereocenters. The Labute approximate surface area is 190 Å². The van der Waals surface area contributed by atoms with Gasteiger partial charge in [-0.05, 0) is 46.8 Å². The zero-order valence-corrected chi connectivity index (χ0v) is 18.9. The minimum Gasteiger partial charge on any atom is -0.493 e. The van der Waals surface area contributed by atoms with Crippen molar-refractivity contribution >= 4 is 22.5 Å². The number of rotatable bonds is 6. The van der Waals surface area contributed by atoms with Gasteiger partial charge in [0, 0.05) is 16.0 Å². The first-order valence-corrected chi connectivity index (χ1v) is 10.6. The minimum absolute atomic E-state index is 0.430. The van der Waals surface area contributed by atoms with Crippen LogP contribution in [0.3, 0.4) is 0 Å². The van der Waals surface area contributed by atoms with Crippen LogP contribution in [0.15, 0.2) is 47.8 Å². The van der Waals surface area contributed by atoms with Crippen LogP contribution >= 0.6 is 11.3 Å². The van der Waals surface area contributed by atoms with E-state index in [4.69, 9.17) is 18.9 Å². The van der Waals surface area contributed by atoms with Gasteiger partial charge >= 0.3 is 0 Å². The molecule has 0 saturated carbocycles. The molecule has 1 aromatic heterocycles. The number of nitrogens with zero attached hydrogens (tertiary/aromatic N) is 2. The molecule has 0 amide bonds. The van der Waals surface area contributed by atoms with Crippen molar-refractivity contribution in [2.75, 3.05) is 28.4 Å². The van der Waals surface area contributed by atoms with Gasteiger partial charge in [-0.25, -0.2) is 0 Å². The number of methoxy groups -OCH3 is 4. The van der Waals surface area contributed by atoms with Gasteiger partial charge in [-0.3, -0.25) is 0 Å². The summed E-state index contributed by atoms with van der Waals surface area (Å²) in [6.07, 6.45) is 0. The van der Waals surface area contributed by atoms with Crippen LogP contribution in [0, 0.1) is 22.7 Å². The standard InChI is InChI=1S/C25H20N2O4S/c1-28-19-8-7-15(10-20(19)29-2)25(14-27)18-12-22(31-4)21(30-3)11-16(18)17(13-26)24(25)23-6-5-9-32-23/h5-12H,1-4H3. The summed E-state index contributed by atoms with van der Waals surface area (Å²) < 4.78 is 21.9. The second-order valence-electron chi connectivity index (χ2n) is 7.02. The van der Waals surface area contributed by atoms with E-state index in [2.05, 4.69) is 12.1 Å². The molecular formula is C25H20N2O4S. The lowest BCUT2D eigenvalue weighted by Gasteiger charge is -2.28. The molecule has 4 rings (SSSR count). The fourth-order valence-electron chi connectivity index (χ4n) is 4.25. The van der Waals surface area contributed by atoms with Gasteiger partial charge in [0.25, 0.3) is 0 Å². The Balaban J connectivity index is 2.15. The smallest absolute Gasteiger partial charge is 0.161 e. The lowest BCUT2D eigenvalue weighted by Crippen LogP contribution is -2.25. The van der Waals surface area contributed by atoms with Crippen LogP contribution in [0.2, 0.25) is 0 Å². The van der Waals surface area contributed by atoms with E-state index >= 15 is 0 Å². The third-order valence-corrected chi connectivity index (χ3v) is 6.57. The molecule has 0 N–H and O–H groups in total. The molecule has 0 bridgehead atoms. The quantitative estimate of drug-likeness (QED) is 0.530. The number of fused-ring (bicyclic) bond motifs is 1. The number of thiophene rings is 1. The van der Waals surface area contributed by atoms with Crippen molar-refractivity contribution in [3.05, 3.63) is 69.4 Å². The molecule has 1 aliphatic carbocycles. The van der Waals surface area contributed by atoms with Crippen molar-refractivity contribution < 1.29 is 18.9 Å². The average molecular weight is 445 g/mol. The second kappa shape index (κ2) is 8.30. The highest BCUT2D eigenvalue weighted by Crippen LogP contribution is 2.57. The molecule has 7 heteroatoms. The van der Waals surface area contributed by atoms with Gasteiger partial charge in [-0.2, -0.15) is 10.5 Å². The summed E-state index contributed by atoms with van der Waals surface area (Å²) in [5, 5.41) is 22.9. The predicted octanol–water partition coefficient (Wildman–Crippen LogP) is 5.04. The summed E-state index contributed by atoms with van der Waals surface area (Å²) in [6.45, 7) is 0. The highest BCUT2D eigenvalue weighted by atomic mass is 32.1. The summed E-state index contributed by atoms with van der Waals surface area (Å²) in [5.41, 5.74) is 1.77. The predicted molar refractivity (Wildman–Crippen MR) is 122 cm³/mol. The van der Waals surface area contributed by atoms with Crippen LogP contribution < -0.4 is 18.9 Å². The van der Waals surface area contributed by atoms with Gasteiger partial charge in [-0.15, -0.1) is 11.3 Å². The van der Waals surface area contributed by atoms with Crippen LogP contribution in [0.25, 0.3) is 11.1 Å². The molecule has 0 radical (unpaired) electrons. The lowest BCUT2D eigenvalue weighted by molar-refractivity contribution is 0.353. The maximum Gasteiger partial charge on any atom is 0.161 e. The van der Waals surface area contributed by atoms with Crippen LogP contribution in [-0.2, 0) is 5.41 Å². The normalized spacial score (nSPS) is 16.7. The number of benzene rings is 2. The molecule has 1 heterocycles. The van der Waals surface area contributed by atoms with Crippen LogP contribution in [0.1, 0.15) is 21.6 Å². The monoisotopic (exact) mass is 444 g/mol. The van der Waals surface area contributed by atoms with Gasteiger partial charge < -0.3 is 18.9 Å². The first-order valence-electron chi connectivity index (χ1n) is 9.68. The highest BCUT2D eigenvalue weighted by molar-refractivity contribution is 7.11. The molecule has 1 atom stereocenters. The second-order valence-corrected chi connectivity index (χ2v) is 7.97. The Morgan fingerprint density at radius 2 is 1.47 bits per heavy atom. The van der Waals surface area contributed by atoms with Gasteiger partial charge in [0.2, 0.25) is 0 Å². The van der Waals surface area contributed by atoms with E-state index < -0.39 is 5.41 Å². The first kappa shape index (κ1) is 21.3. The summed E-state index contributed by atoms with van der Waals surface area (Å²) in [4.78, 5) is 0.840. The Hall–Kier alpha value is -3.94. The summed E-state index contributed by atoms with van der Waals surface area (Å²) >= 11 is 1.48. The topological polar surface area (TPSA) is 84.5 Å². The molecule has 6 nitrogen and oxygen atoms in total. The average Bonchev–Trinajstić information content (AvgIpc) is 3.46. The maximum absolute atomic E-state index is 10.7. The van der Waals surface area contributed by atoms with Crippen molar-refractivity contribution in [3.8, 4) is 35.1 Å². The van der Waals surface area contributed by atoms with E-state index in [0.29, 0.717) is 50.8 Å². The third-order valence-electron chi connectivity index (χ3n) is 5.69. The van der Waals surface area contributed by atoms with E-state index in [1.54, 1.807) is 52.7 Å². The fourth-order valence-corrected chi connectivity index (χ4v) is 5.08. The fraction of sp³-hybridized carbons (Fsp3) is 0.200. The zero-order chi connectivity index (χ0) is 22.9. The van der Waals surface area contributed by atoms with Gasteiger partial charge in [-0.1, -0.05) is 12.1 Å². The Morgan fingerprint density at radius 1 is 0.812 bits per heavy atom. The number of ether oxygens (including phenoxy) is 4. The van der Waals surface area contributed by atoms with Crippen molar-refractivity contribution in [2.24, 2.45) is 0 Å². The van der Waals surface area contributed by atoms with Gasteiger partial charge in [0.1, 0.15) is 11.5 Å². The summed E-state index contributed by atoms with van der Waals surface area (Å²) in [7, 11) is 6.20. The largest absolute Gasteiger partial charge is 0.493 e. The minimum atomic E-state index is -1.26.